The third-order valence-corrected chi connectivity index (χ3v) is 5.04. The summed E-state index contributed by atoms with van der Waals surface area (Å²) in [4.78, 5) is 14.4. The Labute approximate surface area is 145 Å². The van der Waals surface area contributed by atoms with Gasteiger partial charge in [-0.15, -0.1) is 0 Å². The van der Waals surface area contributed by atoms with Gasteiger partial charge in [-0.3, -0.25) is 9.47 Å². The van der Waals surface area contributed by atoms with E-state index < -0.39 is 0 Å². The van der Waals surface area contributed by atoms with Crippen molar-refractivity contribution in [2.24, 2.45) is 5.92 Å². The summed E-state index contributed by atoms with van der Waals surface area (Å²) in [5.41, 5.74) is 2.54. The molecule has 5 heteroatoms. The first kappa shape index (κ1) is 16.1. The molecule has 1 aliphatic rings. The van der Waals surface area contributed by atoms with Crippen molar-refractivity contribution in [1.82, 2.24) is 9.47 Å². The summed E-state index contributed by atoms with van der Waals surface area (Å²) < 4.78 is 20.3. The summed E-state index contributed by atoms with van der Waals surface area (Å²) >= 11 is 0. The molecule has 0 aliphatic carbocycles. The molecule has 0 spiro atoms. The molecule has 1 saturated heterocycles. The number of fused-ring (bicyclic) bond motifs is 1. The summed E-state index contributed by atoms with van der Waals surface area (Å²) in [6, 6.07) is 14.4. The first-order valence-electron chi connectivity index (χ1n) is 8.74. The van der Waals surface area contributed by atoms with Crippen LogP contribution in [-0.4, -0.2) is 22.6 Å². The lowest BCUT2D eigenvalue weighted by atomic mass is 9.90. The smallest absolute Gasteiger partial charge is 0.408 e. The molecule has 2 heterocycles. The van der Waals surface area contributed by atoms with Crippen molar-refractivity contribution in [3.63, 3.8) is 0 Å². The second-order valence-electron chi connectivity index (χ2n) is 6.80. The van der Waals surface area contributed by atoms with Gasteiger partial charge in [0, 0.05) is 13.1 Å². The molecule has 0 atom stereocenters. The van der Waals surface area contributed by atoms with E-state index in [9.17, 15) is 9.18 Å². The molecule has 1 aliphatic heterocycles. The third kappa shape index (κ3) is 3.51. The Kier molecular flexibility index (Phi) is 4.40. The van der Waals surface area contributed by atoms with Gasteiger partial charge in [0.1, 0.15) is 5.82 Å². The van der Waals surface area contributed by atoms with Crippen molar-refractivity contribution in [2.75, 3.05) is 13.1 Å². The number of likely N-dealkylation sites (tertiary alicyclic amines) is 1. The highest BCUT2D eigenvalue weighted by Crippen LogP contribution is 2.23. The van der Waals surface area contributed by atoms with E-state index in [1.807, 2.05) is 30.3 Å². The molecule has 0 N–H and O–H groups in total. The maximum Gasteiger partial charge on any atom is 0.421 e. The van der Waals surface area contributed by atoms with Crippen LogP contribution in [0.1, 0.15) is 18.4 Å². The maximum atomic E-state index is 13.3. The molecule has 25 heavy (non-hydrogen) atoms. The Hall–Kier alpha value is -2.40. The van der Waals surface area contributed by atoms with Gasteiger partial charge in [0.15, 0.2) is 5.58 Å². The zero-order valence-electron chi connectivity index (χ0n) is 14.0. The van der Waals surface area contributed by atoms with Gasteiger partial charge in [-0.25, -0.2) is 9.18 Å². The second kappa shape index (κ2) is 6.84. The maximum absolute atomic E-state index is 13.3. The minimum atomic E-state index is -0.303. The normalized spacial score (nSPS) is 16.5. The standard InChI is InChI=1S/C20H21FN2O2/c21-17-5-3-4-16(13-17)12-15-8-10-22(11-9-15)14-23-18-6-1-2-7-19(18)25-20(23)24/h1-7,13,15H,8-12,14H2. The number of hydrogen-bond donors (Lipinski definition) is 0. The van der Waals surface area contributed by atoms with E-state index in [0.29, 0.717) is 18.2 Å². The van der Waals surface area contributed by atoms with E-state index in [1.54, 1.807) is 16.7 Å². The number of para-hydroxylation sites is 2. The average molecular weight is 340 g/mol. The Balaban J connectivity index is 1.39. The van der Waals surface area contributed by atoms with Crippen molar-refractivity contribution in [1.29, 1.82) is 0 Å². The van der Waals surface area contributed by atoms with Crippen molar-refractivity contribution in [2.45, 2.75) is 25.9 Å². The zero-order valence-corrected chi connectivity index (χ0v) is 14.0. The van der Waals surface area contributed by atoms with Gasteiger partial charge in [-0.05, 0) is 55.0 Å². The quantitative estimate of drug-likeness (QED) is 0.728. The van der Waals surface area contributed by atoms with Crippen molar-refractivity contribution in [3.05, 3.63) is 70.5 Å². The molecule has 0 bridgehead atoms. The molecular weight excluding hydrogens is 319 g/mol. The van der Waals surface area contributed by atoms with Crippen LogP contribution in [0.4, 0.5) is 4.39 Å². The molecule has 4 nitrogen and oxygen atoms in total. The molecule has 1 aromatic heterocycles. The predicted octanol–water partition coefficient (Wildman–Crippen LogP) is 3.65. The van der Waals surface area contributed by atoms with Gasteiger partial charge < -0.3 is 4.42 Å². The Morgan fingerprint density at radius 3 is 2.68 bits per heavy atom. The minimum Gasteiger partial charge on any atom is -0.408 e. The highest BCUT2D eigenvalue weighted by molar-refractivity contribution is 5.72. The highest BCUT2D eigenvalue weighted by Gasteiger charge is 2.21. The Morgan fingerprint density at radius 1 is 1.08 bits per heavy atom. The number of benzene rings is 2. The van der Waals surface area contributed by atoms with Gasteiger partial charge in [0.2, 0.25) is 0 Å². The van der Waals surface area contributed by atoms with E-state index in [4.69, 9.17) is 4.42 Å². The fraction of sp³-hybridized carbons (Fsp3) is 0.350. The number of piperidine rings is 1. The van der Waals surface area contributed by atoms with E-state index in [1.165, 1.54) is 6.07 Å². The summed E-state index contributed by atoms with van der Waals surface area (Å²) in [7, 11) is 0. The van der Waals surface area contributed by atoms with Crippen LogP contribution in [0.2, 0.25) is 0 Å². The molecule has 0 saturated carbocycles. The van der Waals surface area contributed by atoms with Crippen LogP contribution in [0.25, 0.3) is 11.1 Å². The van der Waals surface area contributed by atoms with E-state index in [2.05, 4.69) is 4.90 Å². The van der Waals surface area contributed by atoms with Crippen molar-refractivity contribution in [3.8, 4) is 0 Å². The number of halogens is 1. The second-order valence-corrected chi connectivity index (χ2v) is 6.80. The molecule has 3 aromatic rings. The molecule has 2 aromatic carbocycles. The van der Waals surface area contributed by atoms with Crippen molar-refractivity contribution >= 4 is 11.1 Å². The largest absolute Gasteiger partial charge is 0.421 e. The molecule has 1 fully saturated rings. The summed E-state index contributed by atoms with van der Waals surface area (Å²) in [5.74, 6) is 0.0973. The molecule has 0 radical (unpaired) electrons. The lowest BCUT2D eigenvalue weighted by Crippen LogP contribution is -2.37. The van der Waals surface area contributed by atoms with Crippen LogP contribution >= 0.6 is 0 Å². The van der Waals surface area contributed by atoms with E-state index >= 15 is 0 Å². The lowest BCUT2D eigenvalue weighted by molar-refractivity contribution is 0.145. The van der Waals surface area contributed by atoms with Crippen LogP contribution in [0.15, 0.2) is 57.7 Å². The number of hydrogen-bond acceptors (Lipinski definition) is 3. The summed E-state index contributed by atoms with van der Waals surface area (Å²) in [6.07, 6.45) is 3.03. The summed E-state index contributed by atoms with van der Waals surface area (Å²) in [5, 5.41) is 0. The van der Waals surface area contributed by atoms with Gasteiger partial charge in [-0.2, -0.15) is 0 Å². The average Bonchev–Trinajstić information content (AvgIpc) is 2.92. The molecule has 0 amide bonds. The number of aromatic nitrogens is 1. The predicted molar refractivity (Wildman–Crippen MR) is 94.9 cm³/mol. The van der Waals surface area contributed by atoms with Gasteiger partial charge in [-0.1, -0.05) is 24.3 Å². The molecule has 4 rings (SSSR count). The van der Waals surface area contributed by atoms with Gasteiger partial charge >= 0.3 is 5.76 Å². The van der Waals surface area contributed by atoms with E-state index in [-0.39, 0.29) is 11.6 Å². The third-order valence-electron chi connectivity index (χ3n) is 5.04. The van der Waals surface area contributed by atoms with Crippen LogP contribution in [0.5, 0.6) is 0 Å². The van der Waals surface area contributed by atoms with Crippen LogP contribution < -0.4 is 5.76 Å². The SMILES string of the molecule is O=c1oc2ccccc2n1CN1CCC(Cc2cccc(F)c2)CC1. The first-order chi connectivity index (χ1) is 12.2. The van der Waals surface area contributed by atoms with Crippen LogP contribution in [-0.2, 0) is 13.1 Å². The lowest BCUT2D eigenvalue weighted by Gasteiger charge is -2.31. The Morgan fingerprint density at radius 2 is 1.88 bits per heavy atom. The van der Waals surface area contributed by atoms with Crippen LogP contribution in [0.3, 0.4) is 0 Å². The monoisotopic (exact) mass is 340 g/mol. The van der Waals surface area contributed by atoms with Crippen LogP contribution in [0, 0.1) is 11.7 Å². The molecular formula is C20H21FN2O2. The van der Waals surface area contributed by atoms with Gasteiger partial charge in [0.05, 0.1) is 12.2 Å². The number of oxazole rings is 1. The van der Waals surface area contributed by atoms with Crippen molar-refractivity contribution < 1.29 is 8.81 Å². The fourth-order valence-electron chi connectivity index (χ4n) is 3.68. The molecule has 0 unspecified atom stereocenters. The first-order valence-corrected chi connectivity index (χ1v) is 8.74. The Bertz CT molecular complexity index is 923. The minimum absolute atomic E-state index is 0.166. The number of rotatable bonds is 4. The summed E-state index contributed by atoms with van der Waals surface area (Å²) in [6.45, 7) is 2.43. The highest BCUT2D eigenvalue weighted by atomic mass is 19.1. The zero-order chi connectivity index (χ0) is 17.2. The topological polar surface area (TPSA) is 38.4 Å². The molecule has 130 valence electrons. The van der Waals surface area contributed by atoms with Gasteiger partial charge in [0.25, 0.3) is 0 Å². The fourth-order valence-corrected chi connectivity index (χ4v) is 3.68. The number of nitrogens with zero attached hydrogens (tertiary/aromatic N) is 2. The van der Waals surface area contributed by atoms with E-state index in [0.717, 1.165) is 43.4 Å².